The zero-order chi connectivity index (χ0) is 8.15. The molecule has 3 nitrogen and oxygen atoms in total. The van der Waals surface area contributed by atoms with Gasteiger partial charge in [0.05, 0.1) is 0 Å². The summed E-state index contributed by atoms with van der Waals surface area (Å²) in [7, 11) is 2.91. The van der Waals surface area contributed by atoms with Crippen molar-refractivity contribution in [1.82, 2.24) is 0 Å². The Morgan fingerprint density at radius 1 is 1.20 bits per heavy atom. The predicted octanol–water partition coefficient (Wildman–Crippen LogP) is 0.830. The lowest BCUT2D eigenvalue weighted by atomic mass is 10.1. The molecule has 0 aliphatic carbocycles. The van der Waals surface area contributed by atoms with Gasteiger partial charge in [0.2, 0.25) is 6.29 Å². The first-order valence-corrected chi connectivity index (χ1v) is 3.22. The zero-order valence-electron chi connectivity index (χ0n) is 6.88. The maximum absolute atomic E-state index is 11.1. The number of methoxy groups -OCH3 is 2. The van der Waals surface area contributed by atoms with Gasteiger partial charge in [-0.15, -0.1) is 0 Å². The second kappa shape index (κ2) is 4.41. The van der Waals surface area contributed by atoms with Crippen molar-refractivity contribution in [3.63, 3.8) is 0 Å². The number of carbonyl (C=O) groups excluding carboxylic acids is 1. The van der Waals surface area contributed by atoms with Crippen molar-refractivity contribution in [2.75, 3.05) is 14.2 Å². The van der Waals surface area contributed by atoms with Gasteiger partial charge in [-0.1, -0.05) is 13.8 Å². The molecule has 0 aromatic rings. The first-order chi connectivity index (χ1) is 4.63. The van der Waals surface area contributed by atoms with Crippen molar-refractivity contribution in [3.8, 4) is 0 Å². The second-order valence-corrected chi connectivity index (χ2v) is 2.36. The molecule has 3 heteroatoms. The molecule has 0 bridgehead atoms. The Kier molecular flexibility index (Phi) is 4.23. The Balaban J connectivity index is 3.89. The monoisotopic (exact) mass is 146 g/mol. The number of Topliss-reactive ketones (excluding diaryl/α,β-unsaturated/α-hetero) is 1. The summed E-state index contributed by atoms with van der Waals surface area (Å²) in [6, 6.07) is 0. The van der Waals surface area contributed by atoms with Crippen molar-refractivity contribution in [2.24, 2.45) is 5.92 Å². The van der Waals surface area contributed by atoms with Crippen molar-refractivity contribution in [1.29, 1.82) is 0 Å². The van der Waals surface area contributed by atoms with E-state index in [0.717, 1.165) is 0 Å². The molecule has 0 saturated carbocycles. The molecule has 0 fully saturated rings. The highest BCUT2D eigenvalue weighted by molar-refractivity contribution is 5.83. The fourth-order valence-corrected chi connectivity index (χ4v) is 0.601. The van der Waals surface area contributed by atoms with Gasteiger partial charge in [-0.3, -0.25) is 4.79 Å². The van der Waals surface area contributed by atoms with Gasteiger partial charge in [0.25, 0.3) is 0 Å². The van der Waals surface area contributed by atoms with E-state index in [0.29, 0.717) is 0 Å². The molecule has 0 saturated heterocycles. The SMILES string of the molecule is COC(OC)C(=O)C(C)C. The fraction of sp³-hybridized carbons (Fsp3) is 0.857. The highest BCUT2D eigenvalue weighted by Gasteiger charge is 2.19. The van der Waals surface area contributed by atoms with Gasteiger partial charge >= 0.3 is 0 Å². The number of hydrogen-bond donors (Lipinski definition) is 0. The van der Waals surface area contributed by atoms with Crippen LogP contribution >= 0.6 is 0 Å². The standard InChI is InChI=1S/C7H14O3/c1-5(2)6(8)7(9-3)10-4/h5,7H,1-4H3. The Labute approximate surface area is 61.3 Å². The normalized spacial score (nSPS) is 11.0. The van der Waals surface area contributed by atoms with Crippen LogP contribution in [0.15, 0.2) is 0 Å². The molecule has 0 radical (unpaired) electrons. The molecule has 60 valence electrons. The summed E-state index contributed by atoms with van der Waals surface area (Å²) < 4.78 is 9.50. The van der Waals surface area contributed by atoms with Gasteiger partial charge in [-0.2, -0.15) is 0 Å². The number of carbonyl (C=O) groups is 1. The minimum atomic E-state index is -0.694. The summed E-state index contributed by atoms with van der Waals surface area (Å²) in [4.78, 5) is 11.1. The second-order valence-electron chi connectivity index (χ2n) is 2.36. The molecule has 0 aromatic carbocycles. The minimum Gasteiger partial charge on any atom is -0.349 e. The smallest absolute Gasteiger partial charge is 0.217 e. The molecule has 0 aliphatic heterocycles. The van der Waals surface area contributed by atoms with Crippen LogP contribution in [0.4, 0.5) is 0 Å². The number of rotatable bonds is 4. The molecule has 0 heterocycles. The highest BCUT2D eigenvalue weighted by Crippen LogP contribution is 2.02. The van der Waals surface area contributed by atoms with Crippen molar-refractivity contribution < 1.29 is 14.3 Å². The molecular formula is C7H14O3. The quantitative estimate of drug-likeness (QED) is 0.551. The van der Waals surface area contributed by atoms with Crippen LogP contribution < -0.4 is 0 Å². The predicted molar refractivity (Wildman–Crippen MR) is 37.7 cm³/mol. The first-order valence-electron chi connectivity index (χ1n) is 3.22. The van der Waals surface area contributed by atoms with Gasteiger partial charge in [0, 0.05) is 20.1 Å². The third-order valence-corrected chi connectivity index (χ3v) is 1.23. The summed E-state index contributed by atoms with van der Waals surface area (Å²) in [5.41, 5.74) is 0. The summed E-state index contributed by atoms with van der Waals surface area (Å²) >= 11 is 0. The third kappa shape index (κ3) is 2.45. The topological polar surface area (TPSA) is 35.5 Å². The van der Waals surface area contributed by atoms with Crippen LogP contribution in [0.1, 0.15) is 13.8 Å². The molecule has 0 unspecified atom stereocenters. The van der Waals surface area contributed by atoms with Crippen LogP contribution in [-0.4, -0.2) is 26.3 Å². The summed E-state index contributed by atoms with van der Waals surface area (Å²) in [6.07, 6.45) is -0.694. The number of ketones is 1. The van der Waals surface area contributed by atoms with E-state index in [4.69, 9.17) is 9.47 Å². The van der Waals surface area contributed by atoms with E-state index in [1.165, 1.54) is 14.2 Å². The van der Waals surface area contributed by atoms with Crippen LogP contribution in [0, 0.1) is 5.92 Å². The van der Waals surface area contributed by atoms with Gasteiger partial charge < -0.3 is 9.47 Å². The Morgan fingerprint density at radius 2 is 1.60 bits per heavy atom. The van der Waals surface area contributed by atoms with E-state index in [1.807, 2.05) is 13.8 Å². The maximum atomic E-state index is 11.1. The molecule has 0 N–H and O–H groups in total. The van der Waals surface area contributed by atoms with Gasteiger partial charge in [0.1, 0.15) is 0 Å². The van der Waals surface area contributed by atoms with E-state index >= 15 is 0 Å². The maximum Gasteiger partial charge on any atom is 0.217 e. The van der Waals surface area contributed by atoms with Crippen molar-refractivity contribution in [3.05, 3.63) is 0 Å². The average molecular weight is 146 g/mol. The summed E-state index contributed by atoms with van der Waals surface area (Å²) in [6.45, 7) is 3.63. The van der Waals surface area contributed by atoms with Gasteiger partial charge in [0.15, 0.2) is 5.78 Å². The third-order valence-electron chi connectivity index (χ3n) is 1.23. The number of ether oxygens (including phenoxy) is 2. The Morgan fingerprint density at radius 3 is 1.70 bits per heavy atom. The lowest BCUT2D eigenvalue weighted by Crippen LogP contribution is -2.28. The largest absolute Gasteiger partial charge is 0.349 e. The zero-order valence-corrected chi connectivity index (χ0v) is 6.88. The molecule has 0 aliphatic rings. The molecular weight excluding hydrogens is 132 g/mol. The molecule has 0 aromatic heterocycles. The summed E-state index contributed by atoms with van der Waals surface area (Å²) in [5.74, 6) is -0.0603. The molecule has 0 atom stereocenters. The molecule has 0 amide bonds. The highest BCUT2D eigenvalue weighted by atomic mass is 16.7. The van der Waals surface area contributed by atoms with E-state index in [-0.39, 0.29) is 11.7 Å². The lowest BCUT2D eigenvalue weighted by Gasteiger charge is -2.13. The van der Waals surface area contributed by atoms with Gasteiger partial charge in [-0.05, 0) is 0 Å². The molecule has 0 spiro atoms. The van der Waals surface area contributed by atoms with E-state index in [2.05, 4.69) is 0 Å². The fourth-order valence-electron chi connectivity index (χ4n) is 0.601. The molecule has 0 rings (SSSR count). The van der Waals surface area contributed by atoms with E-state index < -0.39 is 6.29 Å². The van der Waals surface area contributed by atoms with Crippen LogP contribution in [0.2, 0.25) is 0 Å². The van der Waals surface area contributed by atoms with Crippen molar-refractivity contribution in [2.45, 2.75) is 20.1 Å². The van der Waals surface area contributed by atoms with Crippen LogP contribution in [0.3, 0.4) is 0 Å². The van der Waals surface area contributed by atoms with Crippen molar-refractivity contribution >= 4 is 5.78 Å². The lowest BCUT2D eigenvalue weighted by molar-refractivity contribution is -0.159. The van der Waals surface area contributed by atoms with Crippen LogP contribution in [0.5, 0.6) is 0 Å². The Hall–Kier alpha value is -0.410. The van der Waals surface area contributed by atoms with Gasteiger partial charge in [-0.25, -0.2) is 0 Å². The van der Waals surface area contributed by atoms with E-state index in [9.17, 15) is 4.79 Å². The van der Waals surface area contributed by atoms with Crippen LogP contribution in [-0.2, 0) is 14.3 Å². The Bertz CT molecular complexity index is 105. The molecule has 10 heavy (non-hydrogen) atoms. The number of hydrogen-bond acceptors (Lipinski definition) is 3. The first kappa shape index (κ1) is 9.59. The van der Waals surface area contributed by atoms with Crippen LogP contribution in [0.25, 0.3) is 0 Å². The minimum absolute atomic E-state index is 0.0231. The van der Waals surface area contributed by atoms with E-state index in [1.54, 1.807) is 0 Å². The summed E-state index contributed by atoms with van der Waals surface area (Å²) in [5, 5.41) is 0. The average Bonchev–Trinajstić information content (AvgIpc) is 1.90.